The number of sulfonamides is 1. The molecule has 0 fully saturated rings. The molecule has 0 saturated carbocycles. The molecule has 0 spiro atoms. The molecule has 0 aliphatic heterocycles. The van der Waals surface area contributed by atoms with Gasteiger partial charge in [0.05, 0.1) is 11.8 Å². The molecule has 1 heterocycles. The number of hydrogen-bond acceptors (Lipinski definition) is 4. The predicted octanol–water partition coefficient (Wildman–Crippen LogP) is 0.250. The highest BCUT2D eigenvalue weighted by Crippen LogP contribution is 2.14. The van der Waals surface area contributed by atoms with Crippen LogP contribution in [0, 0.1) is 0 Å². The molecule has 0 aliphatic rings. The lowest BCUT2D eigenvalue weighted by Crippen LogP contribution is -2.42. The van der Waals surface area contributed by atoms with Gasteiger partial charge in [0.15, 0.2) is 5.03 Å². The second-order valence-electron chi connectivity index (χ2n) is 4.05. The average molecular weight is 261 g/mol. The maximum atomic E-state index is 11.9. The van der Waals surface area contributed by atoms with Gasteiger partial charge in [-0.15, -0.1) is 0 Å². The first-order valence-corrected chi connectivity index (χ1v) is 7.03. The zero-order chi connectivity index (χ0) is 13.1. The molecule has 17 heavy (non-hydrogen) atoms. The molecule has 2 N–H and O–H groups in total. The summed E-state index contributed by atoms with van der Waals surface area (Å²) in [6, 6.07) is 1.42. The molecule has 0 bridgehead atoms. The molecule has 0 amide bonds. The molecule has 0 aromatic carbocycles. The third-order valence-electron chi connectivity index (χ3n) is 2.96. The van der Waals surface area contributed by atoms with Gasteiger partial charge in [-0.05, 0) is 18.9 Å². The summed E-state index contributed by atoms with van der Waals surface area (Å²) in [5.41, 5.74) is -0.994. The Labute approximate surface area is 102 Å². The zero-order valence-electron chi connectivity index (χ0n) is 10.3. The highest BCUT2D eigenvalue weighted by atomic mass is 32.2. The van der Waals surface area contributed by atoms with E-state index in [1.54, 1.807) is 7.05 Å². The van der Waals surface area contributed by atoms with Gasteiger partial charge in [0, 0.05) is 13.6 Å². The van der Waals surface area contributed by atoms with Crippen LogP contribution in [0.5, 0.6) is 0 Å². The summed E-state index contributed by atoms with van der Waals surface area (Å²) in [5.74, 6) is 0. The molecular formula is C10H19N3O3S. The van der Waals surface area contributed by atoms with Gasteiger partial charge in [0.2, 0.25) is 0 Å². The van der Waals surface area contributed by atoms with E-state index >= 15 is 0 Å². The fraction of sp³-hybridized carbons (Fsp3) is 0.700. The van der Waals surface area contributed by atoms with Crippen molar-refractivity contribution in [2.75, 3.05) is 6.54 Å². The quantitative estimate of drug-likeness (QED) is 0.769. The lowest BCUT2D eigenvalue weighted by molar-refractivity contribution is 0.0377. The Hall–Kier alpha value is -0.920. The monoisotopic (exact) mass is 261 g/mol. The average Bonchev–Trinajstić information content (AvgIpc) is 2.73. The van der Waals surface area contributed by atoms with Crippen LogP contribution < -0.4 is 4.72 Å². The summed E-state index contributed by atoms with van der Waals surface area (Å²) in [4.78, 5) is 0. The smallest absolute Gasteiger partial charge is 0.257 e. The van der Waals surface area contributed by atoms with E-state index in [2.05, 4.69) is 9.82 Å². The molecule has 7 heteroatoms. The minimum Gasteiger partial charge on any atom is -0.389 e. The Kier molecular flexibility index (Phi) is 4.29. The first-order valence-electron chi connectivity index (χ1n) is 5.54. The van der Waals surface area contributed by atoms with E-state index in [9.17, 15) is 13.5 Å². The fourth-order valence-electron chi connectivity index (χ4n) is 1.43. The van der Waals surface area contributed by atoms with Crippen LogP contribution in [-0.4, -0.2) is 35.5 Å². The lowest BCUT2D eigenvalue weighted by atomic mass is 9.98. The highest BCUT2D eigenvalue weighted by Gasteiger charge is 2.26. The van der Waals surface area contributed by atoms with E-state index < -0.39 is 15.6 Å². The molecule has 1 rings (SSSR count). The number of hydrogen-bond donors (Lipinski definition) is 2. The number of aromatic nitrogens is 2. The Bertz CT molecular complexity index is 463. The SMILES string of the molecule is CCC(O)(CC)CNS(=O)(=O)c1ccnn1C. The normalized spacial score (nSPS) is 12.9. The number of aliphatic hydroxyl groups is 1. The highest BCUT2D eigenvalue weighted by molar-refractivity contribution is 7.89. The third kappa shape index (κ3) is 3.27. The second kappa shape index (κ2) is 5.16. The Morgan fingerprint density at radius 3 is 2.47 bits per heavy atom. The van der Waals surface area contributed by atoms with Gasteiger partial charge in [0.1, 0.15) is 0 Å². The van der Waals surface area contributed by atoms with Crippen molar-refractivity contribution in [3.8, 4) is 0 Å². The van der Waals surface area contributed by atoms with Gasteiger partial charge in [-0.3, -0.25) is 4.68 Å². The maximum absolute atomic E-state index is 11.9. The van der Waals surface area contributed by atoms with Crippen LogP contribution in [0.25, 0.3) is 0 Å². The van der Waals surface area contributed by atoms with Gasteiger partial charge >= 0.3 is 0 Å². The van der Waals surface area contributed by atoms with Crippen molar-refractivity contribution in [1.29, 1.82) is 0 Å². The molecule has 1 aromatic heterocycles. The second-order valence-corrected chi connectivity index (χ2v) is 5.76. The standard InChI is InChI=1S/C10H19N3O3S/c1-4-10(14,5-2)8-12-17(15,16)9-6-7-11-13(9)3/h6-7,12,14H,4-5,8H2,1-3H3. The first kappa shape index (κ1) is 14.1. The Morgan fingerprint density at radius 2 is 2.06 bits per heavy atom. The van der Waals surface area contributed by atoms with E-state index in [1.807, 2.05) is 13.8 Å². The number of nitrogens with zero attached hydrogens (tertiary/aromatic N) is 2. The number of rotatable bonds is 6. The molecule has 1 aromatic rings. The van der Waals surface area contributed by atoms with Crippen molar-refractivity contribution in [2.24, 2.45) is 7.05 Å². The van der Waals surface area contributed by atoms with Crippen molar-refractivity contribution >= 4 is 10.0 Å². The van der Waals surface area contributed by atoms with E-state index in [4.69, 9.17) is 0 Å². The zero-order valence-corrected chi connectivity index (χ0v) is 11.2. The molecule has 0 saturated heterocycles. The topological polar surface area (TPSA) is 84.2 Å². The van der Waals surface area contributed by atoms with Gasteiger partial charge in [-0.2, -0.15) is 5.10 Å². The Morgan fingerprint density at radius 1 is 1.47 bits per heavy atom. The summed E-state index contributed by atoms with van der Waals surface area (Å²) in [6.07, 6.45) is 2.41. The van der Waals surface area contributed by atoms with Gasteiger partial charge < -0.3 is 5.11 Å². The van der Waals surface area contributed by atoms with Crippen LogP contribution in [0.15, 0.2) is 17.3 Å². The van der Waals surface area contributed by atoms with Crippen molar-refractivity contribution < 1.29 is 13.5 Å². The maximum Gasteiger partial charge on any atom is 0.257 e. The van der Waals surface area contributed by atoms with Crippen molar-refractivity contribution in [1.82, 2.24) is 14.5 Å². The van der Waals surface area contributed by atoms with Crippen LogP contribution in [-0.2, 0) is 17.1 Å². The van der Waals surface area contributed by atoms with Crippen molar-refractivity contribution in [2.45, 2.75) is 37.3 Å². The van der Waals surface area contributed by atoms with Crippen molar-refractivity contribution in [3.05, 3.63) is 12.3 Å². The van der Waals surface area contributed by atoms with Gasteiger partial charge in [-0.1, -0.05) is 13.8 Å². The molecular weight excluding hydrogens is 242 g/mol. The van der Waals surface area contributed by atoms with Crippen molar-refractivity contribution in [3.63, 3.8) is 0 Å². The van der Waals surface area contributed by atoms with E-state index in [-0.39, 0.29) is 11.6 Å². The summed E-state index contributed by atoms with van der Waals surface area (Å²) >= 11 is 0. The molecule has 0 atom stereocenters. The Balaban J connectivity index is 2.79. The number of aryl methyl sites for hydroxylation is 1. The van der Waals surface area contributed by atoms with Crippen LogP contribution in [0.4, 0.5) is 0 Å². The first-order chi connectivity index (χ1) is 7.84. The van der Waals surface area contributed by atoms with Crippen LogP contribution >= 0.6 is 0 Å². The van der Waals surface area contributed by atoms with Crippen LogP contribution in [0.1, 0.15) is 26.7 Å². The summed E-state index contributed by atoms with van der Waals surface area (Å²) in [5, 5.41) is 13.9. The molecule has 0 radical (unpaired) electrons. The van der Waals surface area contributed by atoms with Crippen LogP contribution in [0.2, 0.25) is 0 Å². The van der Waals surface area contributed by atoms with E-state index in [1.165, 1.54) is 16.9 Å². The molecule has 98 valence electrons. The molecule has 6 nitrogen and oxygen atoms in total. The summed E-state index contributed by atoms with van der Waals surface area (Å²) in [7, 11) is -2.05. The van der Waals surface area contributed by atoms with Gasteiger partial charge in [0.25, 0.3) is 10.0 Å². The lowest BCUT2D eigenvalue weighted by Gasteiger charge is -2.25. The minimum absolute atomic E-state index is 0.00745. The predicted molar refractivity (Wildman–Crippen MR) is 63.9 cm³/mol. The molecule has 0 unspecified atom stereocenters. The largest absolute Gasteiger partial charge is 0.389 e. The van der Waals surface area contributed by atoms with E-state index in [0.717, 1.165) is 0 Å². The molecule has 0 aliphatic carbocycles. The van der Waals surface area contributed by atoms with Crippen LogP contribution in [0.3, 0.4) is 0 Å². The summed E-state index contributed by atoms with van der Waals surface area (Å²) < 4.78 is 27.5. The minimum atomic E-state index is -3.61. The van der Waals surface area contributed by atoms with Gasteiger partial charge in [-0.25, -0.2) is 13.1 Å². The summed E-state index contributed by atoms with van der Waals surface area (Å²) in [6.45, 7) is 3.65. The van der Waals surface area contributed by atoms with E-state index in [0.29, 0.717) is 12.8 Å². The number of nitrogens with one attached hydrogen (secondary N) is 1. The third-order valence-corrected chi connectivity index (χ3v) is 4.43. The fourth-order valence-corrected chi connectivity index (χ4v) is 2.67.